The van der Waals surface area contributed by atoms with Crippen LogP contribution in [0.4, 0.5) is 5.69 Å². The van der Waals surface area contributed by atoms with Crippen LogP contribution in [0.1, 0.15) is 11.6 Å². The first-order valence-electron chi connectivity index (χ1n) is 4.00. The zero-order valence-electron chi connectivity index (χ0n) is 7.96. The van der Waals surface area contributed by atoms with Crippen molar-refractivity contribution in [2.45, 2.75) is 6.04 Å². The Morgan fingerprint density at radius 1 is 1.56 bits per heavy atom. The minimum absolute atomic E-state index is 0. The molecule has 16 heavy (non-hydrogen) atoms. The van der Waals surface area contributed by atoms with E-state index in [9.17, 15) is 15.2 Å². The van der Waals surface area contributed by atoms with E-state index in [-0.39, 0.29) is 33.9 Å². The summed E-state index contributed by atoms with van der Waals surface area (Å²) in [7, 11) is 0. The van der Waals surface area contributed by atoms with Gasteiger partial charge in [-0.1, -0.05) is 0 Å². The quantitative estimate of drug-likeness (QED) is 0.578. The van der Waals surface area contributed by atoms with Crippen molar-refractivity contribution < 1.29 is 15.1 Å². The van der Waals surface area contributed by atoms with Crippen LogP contribution in [0.2, 0.25) is 0 Å². The van der Waals surface area contributed by atoms with Gasteiger partial charge in [0, 0.05) is 17.7 Å². The van der Waals surface area contributed by atoms with E-state index in [0.29, 0.717) is 0 Å². The minimum Gasteiger partial charge on any atom is -0.506 e. The number of phenols is 1. The van der Waals surface area contributed by atoms with E-state index in [1.807, 2.05) is 0 Å². The molecule has 90 valence electrons. The average molecular weight is 314 g/mol. The van der Waals surface area contributed by atoms with Crippen LogP contribution in [-0.2, 0) is 0 Å². The molecule has 0 saturated heterocycles. The van der Waals surface area contributed by atoms with E-state index in [1.165, 1.54) is 6.07 Å². The van der Waals surface area contributed by atoms with E-state index in [1.54, 1.807) is 0 Å². The molecule has 8 heteroatoms. The predicted octanol–water partition coefficient (Wildman–Crippen LogP) is 1.48. The molecule has 0 fully saturated rings. The molecule has 1 atom stereocenters. The van der Waals surface area contributed by atoms with Crippen molar-refractivity contribution in [3.8, 4) is 5.75 Å². The molecule has 0 radical (unpaired) electrons. The van der Waals surface area contributed by atoms with Gasteiger partial charge in [-0.15, -0.1) is 12.4 Å². The van der Waals surface area contributed by atoms with Gasteiger partial charge in [-0.3, -0.25) is 10.1 Å². The van der Waals surface area contributed by atoms with Crippen LogP contribution < -0.4 is 5.73 Å². The molecule has 0 amide bonds. The second-order valence-electron chi connectivity index (χ2n) is 2.91. The Bertz CT molecular complexity index is 402. The largest absolute Gasteiger partial charge is 0.506 e. The Morgan fingerprint density at radius 2 is 2.12 bits per heavy atom. The molecule has 0 aliphatic heterocycles. The van der Waals surface area contributed by atoms with E-state index in [2.05, 4.69) is 15.9 Å². The lowest BCUT2D eigenvalue weighted by Crippen LogP contribution is -2.15. The van der Waals surface area contributed by atoms with Crippen LogP contribution in [0.5, 0.6) is 5.75 Å². The molecular formula is C8H10BrClN2O4. The second-order valence-corrected chi connectivity index (χ2v) is 3.77. The second kappa shape index (κ2) is 6.00. The topological polar surface area (TPSA) is 110 Å². The summed E-state index contributed by atoms with van der Waals surface area (Å²) < 4.78 is 0.176. The summed E-state index contributed by atoms with van der Waals surface area (Å²) in [6.07, 6.45) is 0. The summed E-state index contributed by atoms with van der Waals surface area (Å²) in [5.74, 6) is -0.192. The summed E-state index contributed by atoms with van der Waals surface area (Å²) >= 11 is 2.97. The number of aliphatic hydroxyl groups excluding tert-OH is 1. The van der Waals surface area contributed by atoms with E-state index in [4.69, 9.17) is 10.8 Å². The molecule has 0 heterocycles. The SMILES string of the molecule is Cl.N[C@H](CO)c1cc([N+](=O)[O-])cc(Br)c1O. The Hall–Kier alpha value is -0.890. The Labute approximate surface area is 106 Å². The maximum absolute atomic E-state index is 10.5. The summed E-state index contributed by atoms with van der Waals surface area (Å²) in [5, 5.41) is 28.9. The van der Waals surface area contributed by atoms with Gasteiger partial charge in [-0.25, -0.2) is 0 Å². The van der Waals surface area contributed by atoms with Crippen LogP contribution in [0.15, 0.2) is 16.6 Å². The van der Waals surface area contributed by atoms with Crippen LogP contribution in [0, 0.1) is 10.1 Å². The average Bonchev–Trinajstić information content (AvgIpc) is 2.20. The van der Waals surface area contributed by atoms with Gasteiger partial charge in [0.1, 0.15) is 5.75 Å². The number of aliphatic hydroxyl groups is 1. The maximum Gasteiger partial charge on any atom is 0.271 e. The molecule has 6 nitrogen and oxygen atoms in total. The third-order valence-corrected chi connectivity index (χ3v) is 2.49. The highest BCUT2D eigenvalue weighted by atomic mass is 79.9. The molecule has 0 bridgehead atoms. The first-order valence-corrected chi connectivity index (χ1v) is 4.80. The number of nitro benzene ring substituents is 1. The molecular weight excluding hydrogens is 303 g/mol. The number of rotatable bonds is 3. The van der Waals surface area contributed by atoms with Crippen molar-refractivity contribution in [3.05, 3.63) is 32.3 Å². The van der Waals surface area contributed by atoms with Crippen molar-refractivity contribution in [2.75, 3.05) is 6.61 Å². The summed E-state index contributed by atoms with van der Waals surface area (Å²) in [4.78, 5) is 9.93. The summed E-state index contributed by atoms with van der Waals surface area (Å²) in [5.41, 5.74) is 5.42. The fourth-order valence-corrected chi connectivity index (χ4v) is 1.56. The number of nitro groups is 1. The van der Waals surface area contributed by atoms with Gasteiger partial charge >= 0.3 is 0 Å². The van der Waals surface area contributed by atoms with Crippen LogP contribution in [-0.4, -0.2) is 21.7 Å². The number of halogens is 2. The number of nitrogens with zero attached hydrogens (tertiary/aromatic N) is 1. The number of hydrogen-bond donors (Lipinski definition) is 3. The zero-order valence-corrected chi connectivity index (χ0v) is 10.4. The minimum atomic E-state index is -0.846. The van der Waals surface area contributed by atoms with E-state index >= 15 is 0 Å². The predicted molar refractivity (Wildman–Crippen MR) is 63.7 cm³/mol. The molecule has 0 unspecified atom stereocenters. The normalized spacial score (nSPS) is 11.7. The molecule has 0 aliphatic rings. The van der Waals surface area contributed by atoms with E-state index < -0.39 is 17.6 Å². The van der Waals surface area contributed by atoms with Crippen molar-refractivity contribution in [3.63, 3.8) is 0 Å². The monoisotopic (exact) mass is 312 g/mol. The van der Waals surface area contributed by atoms with Crippen LogP contribution >= 0.6 is 28.3 Å². The van der Waals surface area contributed by atoms with Crippen LogP contribution in [0.25, 0.3) is 0 Å². The standard InChI is InChI=1S/C8H9BrN2O4.ClH/c9-6-2-4(11(14)15)1-5(8(6)13)7(10)3-12;/h1-2,7,12-13H,3,10H2;1H/t7-;/m1./s1. The molecule has 4 N–H and O–H groups in total. The number of aromatic hydroxyl groups is 1. The van der Waals surface area contributed by atoms with Crippen LogP contribution in [0.3, 0.4) is 0 Å². The number of hydrogen-bond acceptors (Lipinski definition) is 5. The molecule has 0 aromatic heterocycles. The highest BCUT2D eigenvalue weighted by Gasteiger charge is 2.18. The fraction of sp³-hybridized carbons (Fsp3) is 0.250. The summed E-state index contributed by atoms with van der Waals surface area (Å²) in [6.45, 7) is -0.402. The molecule has 0 spiro atoms. The zero-order chi connectivity index (χ0) is 11.6. The van der Waals surface area contributed by atoms with Gasteiger partial charge in [0.15, 0.2) is 0 Å². The Kier molecular flexibility index (Phi) is 5.66. The lowest BCUT2D eigenvalue weighted by atomic mass is 10.1. The molecule has 0 saturated carbocycles. The van der Waals surface area contributed by atoms with Crippen molar-refractivity contribution in [2.24, 2.45) is 5.73 Å². The van der Waals surface area contributed by atoms with Crippen molar-refractivity contribution in [1.82, 2.24) is 0 Å². The third kappa shape index (κ3) is 3.05. The highest BCUT2D eigenvalue weighted by molar-refractivity contribution is 9.10. The molecule has 0 aliphatic carbocycles. The number of nitrogens with two attached hydrogens (primary N) is 1. The molecule has 1 rings (SSSR count). The highest BCUT2D eigenvalue weighted by Crippen LogP contribution is 2.35. The van der Waals surface area contributed by atoms with Gasteiger partial charge in [-0.05, 0) is 15.9 Å². The van der Waals surface area contributed by atoms with E-state index in [0.717, 1.165) is 6.07 Å². The number of non-ortho nitro benzene ring substituents is 1. The van der Waals surface area contributed by atoms with Gasteiger partial charge in [-0.2, -0.15) is 0 Å². The smallest absolute Gasteiger partial charge is 0.271 e. The van der Waals surface area contributed by atoms with Gasteiger partial charge in [0.25, 0.3) is 5.69 Å². The maximum atomic E-state index is 10.5. The Balaban J connectivity index is 0.00000225. The molecule has 1 aromatic rings. The third-order valence-electron chi connectivity index (χ3n) is 1.88. The lowest BCUT2D eigenvalue weighted by molar-refractivity contribution is -0.385. The van der Waals surface area contributed by atoms with Gasteiger partial charge in [0.05, 0.1) is 22.0 Å². The van der Waals surface area contributed by atoms with Crippen molar-refractivity contribution in [1.29, 1.82) is 0 Å². The first-order chi connectivity index (χ1) is 6.97. The van der Waals surface area contributed by atoms with Gasteiger partial charge in [0.2, 0.25) is 0 Å². The van der Waals surface area contributed by atoms with Gasteiger partial charge < -0.3 is 15.9 Å². The lowest BCUT2D eigenvalue weighted by Gasteiger charge is -2.11. The van der Waals surface area contributed by atoms with Crippen molar-refractivity contribution >= 4 is 34.0 Å². The first kappa shape index (κ1) is 15.1. The Morgan fingerprint density at radius 3 is 2.56 bits per heavy atom. The molecule has 1 aromatic carbocycles. The summed E-state index contributed by atoms with van der Waals surface area (Å²) in [6, 6.07) is 1.46. The number of phenolic OH excluding ortho intramolecular Hbond substituents is 1. The number of benzene rings is 1. The fourth-order valence-electron chi connectivity index (χ4n) is 1.09.